The number of allylic oxidation sites excluding steroid dienone is 3. The summed E-state index contributed by atoms with van der Waals surface area (Å²) in [5, 5.41) is 6.07. The van der Waals surface area contributed by atoms with Crippen molar-refractivity contribution >= 4 is 0 Å². The van der Waals surface area contributed by atoms with Crippen molar-refractivity contribution in [1.82, 2.24) is 10.6 Å². The lowest BCUT2D eigenvalue weighted by Gasteiger charge is -2.19. The van der Waals surface area contributed by atoms with Crippen LogP contribution in [0, 0.1) is 34.8 Å². The summed E-state index contributed by atoms with van der Waals surface area (Å²) >= 11 is 0. The largest absolute Gasteiger partial charge is 0.495 e. The number of hydrogen-bond donors (Lipinski definition) is 2. The second-order valence-corrected chi connectivity index (χ2v) is 9.37. The highest BCUT2D eigenvalue weighted by Gasteiger charge is 2.66. The molecule has 1 aromatic rings. The summed E-state index contributed by atoms with van der Waals surface area (Å²) in [6.45, 7) is 1.10. The predicted octanol–water partition coefficient (Wildman–Crippen LogP) is 4.86. The zero-order chi connectivity index (χ0) is 22.3. The van der Waals surface area contributed by atoms with Crippen molar-refractivity contribution in [2.45, 2.75) is 25.7 Å². The monoisotopic (exact) mass is 442 g/mol. The molecule has 32 heavy (non-hydrogen) atoms. The molecule has 1 aromatic carbocycles. The van der Waals surface area contributed by atoms with Gasteiger partial charge in [-0.05, 0) is 66.4 Å². The Morgan fingerprint density at radius 1 is 1.38 bits per heavy atom. The molecule has 1 aliphatic heterocycles. The quantitative estimate of drug-likeness (QED) is 0.446. The van der Waals surface area contributed by atoms with E-state index < -0.39 is 11.6 Å². The number of ether oxygens (including phenoxy) is 2. The molecule has 5 rings (SSSR count). The number of halogens is 2. The van der Waals surface area contributed by atoms with Gasteiger partial charge in [0.25, 0.3) is 0 Å². The van der Waals surface area contributed by atoms with E-state index in [9.17, 15) is 4.39 Å². The molecule has 2 saturated carbocycles. The first-order valence-electron chi connectivity index (χ1n) is 11.4. The molecule has 6 heteroatoms. The molecule has 3 aliphatic carbocycles. The highest BCUT2D eigenvalue weighted by Crippen LogP contribution is 2.70. The molecule has 1 heterocycles. The molecule has 2 fully saturated rings. The van der Waals surface area contributed by atoms with Crippen LogP contribution in [-0.2, 0) is 11.2 Å². The average Bonchev–Trinajstić information content (AvgIpc) is 3.66. The summed E-state index contributed by atoms with van der Waals surface area (Å²) in [7, 11) is 3.38. The van der Waals surface area contributed by atoms with Crippen LogP contribution in [-0.4, -0.2) is 27.3 Å². The van der Waals surface area contributed by atoms with Crippen molar-refractivity contribution in [2.75, 3.05) is 27.3 Å². The Hall–Kier alpha value is -2.76. The minimum absolute atomic E-state index is 0. The lowest BCUT2D eigenvalue weighted by Crippen LogP contribution is -2.19. The lowest BCUT2D eigenvalue weighted by molar-refractivity contribution is 0.190. The van der Waals surface area contributed by atoms with E-state index in [2.05, 4.69) is 22.8 Å². The zero-order valence-corrected chi connectivity index (χ0v) is 18.6. The maximum absolute atomic E-state index is 15.4. The summed E-state index contributed by atoms with van der Waals surface area (Å²) < 4.78 is 41.4. The number of hydrogen-bond acceptors (Lipinski definition) is 4. The standard InChI is InChI=1S/C26H30F2N2O2.H2/c1-29-14-20(31-2)8-17-12-30-13-18(17)9-21-23(27)6-7-24(25(21)28)32-15-26-11-19(26)5-3-4-16-10-22(16)26;/h3-4,6-8,13-14,16,19,22,29-30H,5,9-12,15H2,1-2H3;1H/b17-8+,20-14+;. The molecule has 4 nitrogen and oxygen atoms in total. The molecule has 0 saturated heterocycles. The zero-order valence-electron chi connectivity index (χ0n) is 18.6. The third-order valence-corrected chi connectivity index (χ3v) is 7.50. The van der Waals surface area contributed by atoms with E-state index in [4.69, 9.17) is 9.47 Å². The van der Waals surface area contributed by atoms with E-state index in [-0.39, 0.29) is 24.6 Å². The fraction of sp³-hybridized carbons (Fsp3) is 0.462. The third-order valence-electron chi connectivity index (χ3n) is 7.50. The van der Waals surface area contributed by atoms with Crippen LogP contribution in [0.2, 0.25) is 0 Å². The second-order valence-electron chi connectivity index (χ2n) is 9.37. The number of nitrogens with one attached hydrogen (secondary N) is 2. The molecule has 0 spiro atoms. The van der Waals surface area contributed by atoms with Crippen LogP contribution in [0.25, 0.3) is 0 Å². The molecule has 172 valence electrons. The maximum atomic E-state index is 15.4. The predicted molar refractivity (Wildman–Crippen MR) is 122 cm³/mol. The summed E-state index contributed by atoms with van der Waals surface area (Å²) in [6.07, 6.45) is 13.7. The minimum Gasteiger partial charge on any atom is -0.495 e. The van der Waals surface area contributed by atoms with Gasteiger partial charge >= 0.3 is 0 Å². The number of fused-ring (bicyclic) bond motifs is 3. The Labute approximate surface area is 189 Å². The van der Waals surface area contributed by atoms with E-state index >= 15 is 4.39 Å². The highest BCUT2D eigenvalue weighted by atomic mass is 19.1. The van der Waals surface area contributed by atoms with Crippen molar-refractivity contribution in [3.05, 3.63) is 76.9 Å². The smallest absolute Gasteiger partial charge is 0.171 e. The number of benzene rings is 1. The molecular weight excluding hydrogens is 410 g/mol. The first kappa shape index (κ1) is 21.1. The van der Waals surface area contributed by atoms with Crippen molar-refractivity contribution in [2.24, 2.45) is 23.2 Å². The lowest BCUT2D eigenvalue weighted by atomic mass is 9.96. The van der Waals surface area contributed by atoms with Gasteiger partial charge < -0.3 is 20.1 Å². The van der Waals surface area contributed by atoms with Gasteiger partial charge in [-0.1, -0.05) is 12.2 Å². The molecule has 0 radical (unpaired) electrons. The Balaban J connectivity index is 0.00000259. The van der Waals surface area contributed by atoms with Gasteiger partial charge in [0.15, 0.2) is 11.6 Å². The topological polar surface area (TPSA) is 42.5 Å². The Morgan fingerprint density at radius 3 is 3.06 bits per heavy atom. The van der Waals surface area contributed by atoms with Crippen molar-refractivity contribution in [1.29, 1.82) is 0 Å². The maximum Gasteiger partial charge on any atom is 0.171 e. The number of methoxy groups -OCH3 is 1. The number of rotatable bonds is 8. The molecule has 0 bridgehead atoms. The van der Waals surface area contributed by atoms with Gasteiger partial charge in [0.2, 0.25) is 0 Å². The van der Waals surface area contributed by atoms with Gasteiger partial charge in [-0.2, -0.15) is 0 Å². The highest BCUT2D eigenvalue weighted by molar-refractivity contribution is 5.45. The SMILES string of the molecule is CN/C=C(\C=C1/CNC=C1Cc1c(F)ccc(OCC23CC2CC=CC2CC23)c1F)OC.[HH]. The normalized spacial score (nSPS) is 31.2. The summed E-state index contributed by atoms with van der Waals surface area (Å²) in [6, 6.07) is 2.75. The molecule has 0 aromatic heterocycles. The Morgan fingerprint density at radius 2 is 2.25 bits per heavy atom. The van der Waals surface area contributed by atoms with E-state index in [1.165, 1.54) is 18.6 Å². The second kappa shape index (κ2) is 8.30. The van der Waals surface area contributed by atoms with Crippen molar-refractivity contribution < 1.29 is 19.7 Å². The fourth-order valence-corrected chi connectivity index (χ4v) is 5.49. The first-order valence-corrected chi connectivity index (χ1v) is 11.4. The van der Waals surface area contributed by atoms with Gasteiger partial charge in [-0.3, -0.25) is 0 Å². The van der Waals surface area contributed by atoms with E-state index in [1.807, 2.05) is 12.3 Å². The van der Waals surface area contributed by atoms with Crippen LogP contribution in [0.1, 0.15) is 26.3 Å². The van der Waals surface area contributed by atoms with E-state index in [0.29, 0.717) is 36.7 Å². The molecule has 4 aliphatic rings. The minimum atomic E-state index is -0.595. The van der Waals surface area contributed by atoms with Gasteiger partial charge in [-0.25, -0.2) is 8.78 Å². The van der Waals surface area contributed by atoms with Crippen LogP contribution >= 0.6 is 0 Å². The Bertz CT molecular complexity index is 1040. The van der Waals surface area contributed by atoms with Crippen LogP contribution in [0.3, 0.4) is 0 Å². The molecule has 4 atom stereocenters. The van der Waals surface area contributed by atoms with Gasteiger partial charge in [0, 0.05) is 44.8 Å². The summed E-state index contributed by atoms with van der Waals surface area (Å²) in [5.41, 5.74) is 1.98. The van der Waals surface area contributed by atoms with Gasteiger partial charge in [0.05, 0.1) is 13.7 Å². The van der Waals surface area contributed by atoms with Crippen molar-refractivity contribution in [3.63, 3.8) is 0 Å². The Kier molecular flexibility index (Phi) is 5.48. The van der Waals surface area contributed by atoms with Crippen molar-refractivity contribution in [3.8, 4) is 5.75 Å². The van der Waals surface area contributed by atoms with Gasteiger partial charge in [0.1, 0.15) is 11.6 Å². The molecule has 0 amide bonds. The van der Waals surface area contributed by atoms with Crippen LogP contribution in [0.5, 0.6) is 5.75 Å². The summed E-state index contributed by atoms with van der Waals surface area (Å²) in [5.74, 6) is 1.62. The van der Waals surface area contributed by atoms with E-state index in [1.54, 1.807) is 20.4 Å². The third kappa shape index (κ3) is 3.80. The van der Waals surface area contributed by atoms with E-state index in [0.717, 1.165) is 24.0 Å². The fourth-order valence-electron chi connectivity index (χ4n) is 5.49. The molecule has 2 N–H and O–H groups in total. The summed E-state index contributed by atoms with van der Waals surface area (Å²) in [4.78, 5) is 0. The van der Waals surface area contributed by atoms with Crippen LogP contribution in [0.15, 0.2) is 59.7 Å². The molecular formula is C26H32F2N2O2. The first-order chi connectivity index (χ1) is 15.6. The molecule has 4 unspecified atom stereocenters. The average molecular weight is 443 g/mol. The van der Waals surface area contributed by atoms with Crippen LogP contribution in [0.4, 0.5) is 8.78 Å². The van der Waals surface area contributed by atoms with Crippen LogP contribution < -0.4 is 15.4 Å². The van der Waals surface area contributed by atoms with Gasteiger partial charge in [-0.15, -0.1) is 0 Å².